The molecule has 1 aromatic rings. The quantitative estimate of drug-likeness (QED) is 0.361. The lowest BCUT2D eigenvalue weighted by atomic mass is 10.0. The van der Waals surface area contributed by atoms with Crippen molar-refractivity contribution in [1.29, 1.82) is 0 Å². The van der Waals surface area contributed by atoms with Crippen LogP contribution in [-0.4, -0.2) is 6.10 Å². The highest BCUT2D eigenvalue weighted by atomic mass is 17.2. The average Bonchev–Trinajstić information content (AvgIpc) is 2.52. The molecule has 2 heteroatoms. The van der Waals surface area contributed by atoms with Crippen molar-refractivity contribution in [3.8, 4) is 0 Å². The van der Waals surface area contributed by atoms with Crippen molar-refractivity contribution in [1.82, 2.24) is 0 Å². The third-order valence-electron chi connectivity index (χ3n) is 3.75. The first-order chi connectivity index (χ1) is 9.90. The Bertz CT molecular complexity index is 386. The van der Waals surface area contributed by atoms with Gasteiger partial charge in [-0.25, -0.2) is 9.78 Å². The zero-order valence-electron chi connectivity index (χ0n) is 12.5. The van der Waals surface area contributed by atoms with Crippen molar-refractivity contribution in [3.05, 3.63) is 48.0 Å². The van der Waals surface area contributed by atoms with Gasteiger partial charge in [0.2, 0.25) is 0 Å². The van der Waals surface area contributed by atoms with E-state index in [1.54, 1.807) is 0 Å². The molecule has 1 aliphatic heterocycles. The number of hydrogen-bond acceptors (Lipinski definition) is 2. The molecule has 1 aliphatic rings. The molecular formula is C18H26O2. The molecule has 0 aromatic heterocycles. The van der Waals surface area contributed by atoms with Gasteiger partial charge in [0.15, 0.2) is 0 Å². The van der Waals surface area contributed by atoms with Gasteiger partial charge in [-0.15, -0.1) is 0 Å². The number of unbranched alkanes of at least 4 members (excludes halogenated alkanes) is 5. The van der Waals surface area contributed by atoms with E-state index in [-0.39, 0.29) is 12.2 Å². The Morgan fingerprint density at radius 1 is 0.850 bits per heavy atom. The molecular weight excluding hydrogens is 248 g/mol. The Hall–Kier alpha value is -1.12. The van der Waals surface area contributed by atoms with Crippen LogP contribution >= 0.6 is 0 Å². The van der Waals surface area contributed by atoms with E-state index in [0.29, 0.717) is 0 Å². The summed E-state index contributed by atoms with van der Waals surface area (Å²) in [4.78, 5) is 11.0. The first-order valence-electron chi connectivity index (χ1n) is 7.95. The molecule has 0 bridgehead atoms. The second-order valence-corrected chi connectivity index (χ2v) is 5.50. The molecule has 0 saturated carbocycles. The van der Waals surface area contributed by atoms with E-state index in [0.717, 1.165) is 12.0 Å². The van der Waals surface area contributed by atoms with Crippen LogP contribution in [0.3, 0.4) is 0 Å². The predicted molar refractivity (Wildman–Crippen MR) is 82.3 cm³/mol. The second kappa shape index (κ2) is 8.93. The van der Waals surface area contributed by atoms with Crippen LogP contribution < -0.4 is 0 Å². The monoisotopic (exact) mass is 274 g/mol. The topological polar surface area (TPSA) is 18.5 Å². The van der Waals surface area contributed by atoms with Crippen LogP contribution in [0, 0.1) is 0 Å². The fourth-order valence-electron chi connectivity index (χ4n) is 2.50. The van der Waals surface area contributed by atoms with Gasteiger partial charge in [0.25, 0.3) is 0 Å². The van der Waals surface area contributed by atoms with Gasteiger partial charge in [-0.1, -0.05) is 81.9 Å². The molecule has 0 amide bonds. The SMILES string of the molecule is CCCCCCCC[C@H]1C=C[C@@H](c2ccccc2)OO1. The van der Waals surface area contributed by atoms with Gasteiger partial charge < -0.3 is 0 Å². The first kappa shape index (κ1) is 15.3. The van der Waals surface area contributed by atoms with Gasteiger partial charge in [-0.3, -0.25) is 0 Å². The Morgan fingerprint density at radius 3 is 2.30 bits per heavy atom. The molecule has 2 rings (SSSR count). The molecule has 1 aromatic carbocycles. The maximum Gasteiger partial charge on any atom is 0.136 e. The zero-order chi connectivity index (χ0) is 14.0. The highest BCUT2D eigenvalue weighted by Gasteiger charge is 2.18. The molecule has 20 heavy (non-hydrogen) atoms. The average molecular weight is 274 g/mol. The van der Waals surface area contributed by atoms with Crippen molar-refractivity contribution in [2.75, 3.05) is 0 Å². The van der Waals surface area contributed by atoms with E-state index < -0.39 is 0 Å². The van der Waals surface area contributed by atoms with Crippen molar-refractivity contribution in [2.45, 2.75) is 64.1 Å². The van der Waals surface area contributed by atoms with E-state index in [4.69, 9.17) is 9.78 Å². The fraction of sp³-hybridized carbons (Fsp3) is 0.556. The minimum atomic E-state index is -0.0583. The second-order valence-electron chi connectivity index (χ2n) is 5.50. The Morgan fingerprint density at radius 2 is 1.60 bits per heavy atom. The van der Waals surface area contributed by atoms with Crippen LogP contribution in [0.5, 0.6) is 0 Å². The molecule has 2 nitrogen and oxygen atoms in total. The molecule has 0 aliphatic carbocycles. The van der Waals surface area contributed by atoms with Crippen LogP contribution in [0.1, 0.15) is 63.5 Å². The molecule has 2 atom stereocenters. The van der Waals surface area contributed by atoms with Gasteiger partial charge in [-0.2, -0.15) is 0 Å². The minimum Gasteiger partial charge on any atom is -0.228 e. The molecule has 110 valence electrons. The highest BCUT2D eigenvalue weighted by molar-refractivity contribution is 5.22. The fourth-order valence-corrected chi connectivity index (χ4v) is 2.50. The van der Waals surface area contributed by atoms with Crippen LogP contribution in [0.2, 0.25) is 0 Å². The van der Waals surface area contributed by atoms with Gasteiger partial charge in [-0.05, 0) is 18.1 Å². The Kier molecular flexibility index (Phi) is 6.82. The molecule has 0 fully saturated rings. The molecule has 0 unspecified atom stereocenters. The Labute approximate surface area is 122 Å². The minimum absolute atomic E-state index is 0.0583. The van der Waals surface area contributed by atoms with Crippen molar-refractivity contribution >= 4 is 0 Å². The zero-order valence-corrected chi connectivity index (χ0v) is 12.5. The van der Waals surface area contributed by atoms with Crippen molar-refractivity contribution in [2.24, 2.45) is 0 Å². The number of hydrogen-bond donors (Lipinski definition) is 0. The van der Waals surface area contributed by atoms with Crippen molar-refractivity contribution < 1.29 is 9.78 Å². The number of rotatable bonds is 8. The summed E-state index contributed by atoms with van der Waals surface area (Å²) in [6, 6.07) is 10.2. The van der Waals surface area contributed by atoms with Crippen LogP contribution in [0.15, 0.2) is 42.5 Å². The highest BCUT2D eigenvalue weighted by Crippen LogP contribution is 2.25. The lowest BCUT2D eigenvalue weighted by Gasteiger charge is -2.22. The smallest absolute Gasteiger partial charge is 0.136 e. The standard InChI is InChI=1S/C18H26O2/c1-2-3-4-5-6-10-13-17-14-15-18(20-19-17)16-11-8-7-9-12-16/h7-9,11-12,14-15,17-18H,2-6,10,13H2,1H3/t17-,18-/m0/s1. The van der Waals surface area contributed by atoms with E-state index in [9.17, 15) is 0 Å². The number of benzene rings is 1. The summed E-state index contributed by atoms with van der Waals surface area (Å²) < 4.78 is 0. The van der Waals surface area contributed by atoms with Gasteiger partial charge in [0.05, 0.1) is 0 Å². The summed E-state index contributed by atoms with van der Waals surface area (Å²) in [6.45, 7) is 2.25. The lowest BCUT2D eigenvalue weighted by Crippen LogP contribution is -2.18. The predicted octanol–water partition coefficient (Wildman–Crippen LogP) is 5.36. The van der Waals surface area contributed by atoms with Gasteiger partial charge in [0, 0.05) is 0 Å². The molecule has 0 spiro atoms. The van der Waals surface area contributed by atoms with E-state index >= 15 is 0 Å². The van der Waals surface area contributed by atoms with E-state index in [2.05, 4.69) is 31.2 Å². The molecule has 1 heterocycles. The Balaban J connectivity index is 1.65. The van der Waals surface area contributed by atoms with Crippen molar-refractivity contribution in [3.63, 3.8) is 0 Å². The van der Waals surface area contributed by atoms with Crippen LogP contribution in [-0.2, 0) is 9.78 Å². The lowest BCUT2D eigenvalue weighted by molar-refractivity contribution is -0.343. The summed E-state index contributed by atoms with van der Waals surface area (Å²) in [7, 11) is 0. The van der Waals surface area contributed by atoms with Gasteiger partial charge in [0.1, 0.15) is 12.2 Å². The van der Waals surface area contributed by atoms with E-state index in [1.165, 1.54) is 38.5 Å². The molecule has 0 radical (unpaired) electrons. The normalized spacial score (nSPS) is 22.1. The summed E-state index contributed by atoms with van der Waals surface area (Å²) >= 11 is 0. The van der Waals surface area contributed by atoms with Crippen LogP contribution in [0.4, 0.5) is 0 Å². The van der Waals surface area contributed by atoms with E-state index in [1.807, 2.05) is 18.2 Å². The molecule has 0 N–H and O–H groups in total. The molecule has 0 saturated heterocycles. The summed E-state index contributed by atoms with van der Waals surface area (Å²) in [5.41, 5.74) is 1.14. The largest absolute Gasteiger partial charge is 0.228 e. The first-order valence-corrected chi connectivity index (χ1v) is 7.95. The summed E-state index contributed by atoms with van der Waals surface area (Å²) in [6.07, 6.45) is 13.3. The third kappa shape index (κ3) is 5.10. The maximum atomic E-state index is 5.49. The summed E-state index contributed by atoms with van der Waals surface area (Å²) in [5, 5.41) is 0. The maximum absolute atomic E-state index is 5.49. The van der Waals surface area contributed by atoms with Crippen LogP contribution in [0.25, 0.3) is 0 Å². The third-order valence-corrected chi connectivity index (χ3v) is 3.75. The summed E-state index contributed by atoms with van der Waals surface area (Å²) in [5.74, 6) is 0. The van der Waals surface area contributed by atoms with Gasteiger partial charge >= 0.3 is 0 Å².